The van der Waals surface area contributed by atoms with Crippen molar-refractivity contribution in [1.82, 2.24) is 9.13 Å². The number of esters is 1. The third-order valence-electron chi connectivity index (χ3n) is 3.45. The summed E-state index contributed by atoms with van der Waals surface area (Å²) in [5.41, 5.74) is 3.53. The van der Waals surface area contributed by atoms with E-state index in [2.05, 4.69) is 0 Å². The van der Waals surface area contributed by atoms with Crippen molar-refractivity contribution in [2.24, 2.45) is 14.1 Å². The normalized spacial score (nSPS) is 10.4. The Hall–Kier alpha value is -3.36. The summed E-state index contributed by atoms with van der Waals surface area (Å²) in [5.74, 6) is -2.40. The second kappa shape index (κ2) is 6.41. The first-order valence-corrected chi connectivity index (χ1v) is 6.79. The van der Waals surface area contributed by atoms with Crippen LogP contribution in [0.25, 0.3) is 0 Å². The van der Waals surface area contributed by atoms with Gasteiger partial charge >= 0.3 is 11.7 Å². The quantitative estimate of drug-likeness (QED) is 0.564. The number of Topliss-reactive ketones (excluding diaryl/α,β-unsaturated/α-hetero) is 1. The number of hydrogen-bond donors (Lipinski definition) is 2. The largest absolute Gasteiger partial charge is 0.507 e. The summed E-state index contributed by atoms with van der Waals surface area (Å²) in [5, 5.41) is 9.56. The lowest BCUT2D eigenvalue weighted by molar-refractivity contribution is 0.0471. The SMILES string of the molecule is Cn1c(N)c(C(=O)COC(=O)c2ccccc2O)c(=O)n(C)c1=O. The van der Waals surface area contributed by atoms with Gasteiger partial charge in [-0.05, 0) is 12.1 Å². The molecule has 0 unspecified atom stereocenters. The molecule has 2 aromatic rings. The molecule has 24 heavy (non-hydrogen) atoms. The molecule has 0 amide bonds. The van der Waals surface area contributed by atoms with Gasteiger partial charge in [0.15, 0.2) is 6.61 Å². The van der Waals surface area contributed by atoms with Crippen molar-refractivity contribution < 1.29 is 19.4 Å². The minimum atomic E-state index is -0.929. The molecule has 0 atom stereocenters. The zero-order valence-corrected chi connectivity index (χ0v) is 13.0. The number of carbonyl (C=O) groups excluding carboxylic acids is 2. The number of ketones is 1. The molecule has 9 nitrogen and oxygen atoms in total. The van der Waals surface area contributed by atoms with E-state index in [9.17, 15) is 24.3 Å². The number of aromatic hydroxyl groups is 1. The summed E-state index contributed by atoms with van der Waals surface area (Å²) < 4.78 is 6.48. The van der Waals surface area contributed by atoms with E-state index in [4.69, 9.17) is 10.5 Å². The number of hydrogen-bond acceptors (Lipinski definition) is 7. The highest BCUT2D eigenvalue weighted by Crippen LogP contribution is 2.16. The van der Waals surface area contributed by atoms with E-state index >= 15 is 0 Å². The van der Waals surface area contributed by atoms with Gasteiger partial charge in [0.25, 0.3) is 5.56 Å². The number of phenols is 1. The fraction of sp³-hybridized carbons (Fsp3) is 0.200. The van der Waals surface area contributed by atoms with Crippen molar-refractivity contribution in [2.45, 2.75) is 0 Å². The van der Waals surface area contributed by atoms with E-state index in [-0.39, 0.29) is 17.1 Å². The standard InChI is InChI=1S/C15H15N3O6/c1-17-12(16)11(13(21)18(2)15(17)23)10(20)7-24-14(22)8-5-3-4-6-9(8)19/h3-6,19H,7,16H2,1-2H3. The summed E-state index contributed by atoms with van der Waals surface area (Å²) in [6.07, 6.45) is 0. The summed E-state index contributed by atoms with van der Waals surface area (Å²) in [4.78, 5) is 47.8. The van der Waals surface area contributed by atoms with Gasteiger partial charge in [-0.25, -0.2) is 9.59 Å². The summed E-state index contributed by atoms with van der Waals surface area (Å²) in [6, 6.07) is 5.64. The van der Waals surface area contributed by atoms with Crippen LogP contribution in [0.3, 0.4) is 0 Å². The Balaban J connectivity index is 2.26. The molecule has 0 saturated heterocycles. The first kappa shape index (κ1) is 17.0. The second-order valence-electron chi connectivity index (χ2n) is 4.98. The van der Waals surface area contributed by atoms with Gasteiger partial charge < -0.3 is 15.6 Å². The van der Waals surface area contributed by atoms with Gasteiger partial charge in [-0.15, -0.1) is 0 Å². The molecular formula is C15H15N3O6. The average Bonchev–Trinajstić information content (AvgIpc) is 2.56. The third-order valence-corrected chi connectivity index (χ3v) is 3.45. The molecule has 1 heterocycles. The first-order valence-electron chi connectivity index (χ1n) is 6.79. The Bertz CT molecular complexity index is 941. The molecule has 1 aromatic carbocycles. The number of nitrogens with zero attached hydrogens (tertiary/aromatic N) is 2. The van der Waals surface area contributed by atoms with Crippen LogP contribution in [0, 0.1) is 0 Å². The Kier molecular flexibility index (Phi) is 4.54. The zero-order chi connectivity index (χ0) is 18.0. The van der Waals surface area contributed by atoms with E-state index in [0.717, 1.165) is 9.13 Å². The predicted molar refractivity (Wildman–Crippen MR) is 84.1 cm³/mol. The number of nitrogens with two attached hydrogens (primary N) is 1. The van der Waals surface area contributed by atoms with Gasteiger partial charge in [0.05, 0.1) is 0 Å². The number of rotatable bonds is 4. The lowest BCUT2D eigenvalue weighted by atomic mass is 10.2. The monoisotopic (exact) mass is 333 g/mol. The minimum Gasteiger partial charge on any atom is -0.507 e. The Labute approximate surface area is 135 Å². The van der Waals surface area contributed by atoms with Crippen LogP contribution in [-0.2, 0) is 18.8 Å². The molecule has 0 aliphatic rings. The number of ether oxygens (including phenoxy) is 1. The fourth-order valence-electron chi connectivity index (χ4n) is 2.05. The van der Waals surface area contributed by atoms with Crippen molar-refractivity contribution in [2.75, 3.05) is 12.3 Å². The number of phenolic OH excluding ortho intramolecular Hbond substituents is 1. The van der Waals surface area contributed by atoms with Crippen LogP contribution in [0.5, 0.6) is 5.75 Å². The topological polar surface area (TPSA) is 134 Å². The minimum absolute atomic E-state index is 0.119. The molecule has 0 bridgehead atoms. The second-order valence-corrected chi connectivity index (χ2v) is 4.98. The average molecular weight is 333 g/mol. The maximum absolute atomic E-state index is 12.2. The highest BCUT2D eigenvalue weighted by molar-refractivity contribution is 6.02. The molecule has 0 saturated carbocycles. The highest BCUT2D eigenvalue weighted by Gasteiger charge is 2.22. The summed E-state index contributed by atoms with van der Waals surface area (Å²) >= 11 is 0. The van der Waals surface area contributed by atoms with E-state index in [1.54, 1.807) is 0 Å². The number of para-hydroxylation sites is 1. The third kappa shape index (κ3) is 2.91. The number of anilines is 1. The van der Waals surface area contributed by atoms with Crippen LogP contribution in [0.4, 0.5) is 5.82 Å². The Morgan fingerprint density at radius 2 is 1.79 bits per heavy atom. The van der Waals surface area contributed by atoms with Crippen molar-refractivity contribution in [3.8, 4) is 5.75 Å². The first-order chi connectivity index (χ1) is 11.3. The van der Waals surface area contributed by atoms with Crippen molar-refractivity contribution in [1.29, 1.82) is 0 Å². The molecule has 1 aromatic heterocycles. The van der Waals surface area contributed by atoms with Gasteiger partial charge in [0.1, 0.15) is 22.7 Å². The van der Waals surface area contributed by atoms with E-state index < -0.39 is 35.2 Å². The van der Waals surface area contributed by atoms with Gasteiger partial charge in [0, 0.05) is 14.1 Å². The highest BCUT2D eigenvalue weighted by atomic mass is 16.5. The summed E-state index contributed by atoms with van der Waals surface area (Å²) in [6.45, 7) is -0.759. The van der Waals surface area contributed by atoms with Crippen molar-refractivity contribution in [3.63, 3.8) is 0 Å². The lowest BCUT2D eigenvalue weighted by Gasteiger charge is -2.11. The number of benzene rings is 1. The molecular weight excluding hydrogens is 318 g/mol. The zero-order valence-electron chi connectivity index (χ0n) is 13.0. The van der Waals surface area contributed by atoms with Crippen LogP contribution in [0.15, 0.2) is 33.9 Å². The predicted octanol–water partition coefficient (Wildman–Crippen LogP) is -0.589. The van der Waals surface area contributed by atoms with Gasteiger partial charge in [-0.1, -0.05) is 12.1 Å². The molecule has 3 N–H and O–H groups in total. The van der Waals surface area contributed by atoms with Crippen LogP contribution in [0.1, 0.15) is 20.7 Å². The molecule has 2 rings (SSSR count). The maximum Gasteiger partial charge on any atom is 0.342 e. The van der Waals surface area contributed by atoms with E-state index in [1.165, 1.54) is 38.4 Å². The molecule has 0 fully saturated rings. The van der Waals surface area contributed by atoms with Crippen LogP contribution < -0.4 is 17.0 Å². The molecule has 0 radical (unpaired) electrons. The van der Waals surface area contributed by atoms with Gasteiger partial charge in [-0.3, -0.25) is 18.7 Å². The number of nitrogen functional groups attached to an aromatic ring is 1. The number of carbonyl (C=O) groups is 2. The molecule has 126 valence electrons. The Morgan fingerprint density at radius 1 is 1.17 bits per heavy atom. The molecule has 0 aliphatic heterocycles. The van der Waals surface area contributed by atoms with Crippen molar-refractivity contribution >= 4 is 17.6 Å². The fourth-order valence-corrected chi connectivity index (χ4v) is 2.05. The molecule has 0 aliphatic carbocycles. The number of aromatic nitrogens is 2. The molecule has 9 heteroatoms. The van der Waals surface area contributed by atoms with Gasteiger partial charge in [-0.2, -0.15) is 0 Å². The van der Waals surface area contributed by atoms with Crippen LogP contribution >= 0.6 is 0 Å². The van der Waals surface area contributed by atoms with E-state index in [1.807, 2.05) is 0 Å². The Morgan fingerprint density at radius 3 is 2.42 bits per heavy atom. The van der Waals surface area contributed by atoms with E-state index in [0.29, 0.717) is 0 Å². The van der Waals surface area contributed by atoms with Crippen LogP contribution in [0.2, 0.25) is 0 Å². The summed E-state index contributed by atoms with van der Waals surface area (Å²) in [7, 11) is 2.51. The maximum atomic E-state index is 12.2. The smallest absolute Gasteiger partial charge is 0.342 e. The lowest BCUT2D eigenvalue weighted by Crippen LogP contribution is -2.42. The molecule has 0 spiro atoms. The van der Waals surface area contributed by atoms with Crippen molar-refractivity contribution in [3.05, 3.63) is 56.2 Å². The van der Waals surface area contributed by atoms with Gasteiger partial charge in [0.2, 0.25) is 5.78 Å². The van der Waals surface area contributed by atoms with Crippen LogP contribution in [-0.4, -0.2) is 32.6 Å².